The molecular formula is C7H13F3OS. The molecule has 0 rings (SSSR count). The molecule has 74 valence electrons. The molecule has 1 atom stereocenters. The van der Waals surface area contributed by atoms with E-state index in [9.17, 15) is 17.7 Å². The first-order valence-electron chi connectivity index (χ1n) is 3.73. The minimum absolute atomic E-state index is 0.150. The summed E-state index contributed by atoms with van der Waals surface area (Å²) in [4.78, 5) is 0. The summed E-state index contributed by atoms with van der Waals surface area (Å²) in [7, 11) is 0. The van der Waals surface area contributed by atoms with Crippen LogP contribution in [0.15, 0.2) is 0 Å². The topological polar surface area (TPSA) is 23.1 Å². The normalized spacial score (nSPS) is 15.2. The maximum Gasteiger partial charge on any atom is 0.433 e. The van der Waals surface area contributed by atoms with E-state index in [0.717, 1.165) is 0 Å². The molecule has 0 aromatic heterocycles. The molecule has 0 aromatic carbocycles. The van der Waals surface area contributed by atoms with Gasteiger partial charge in [0.1, 0.15) is 5.75 Å². The number of halogens is 3. The maximum atomic E-state index is 11.6. The van der Waals surface area contributed by atoms with Crippen LogP contribution in [0.1, 0.15) is 20.3 Å². The summed E-state index contributed by atoms with van der Waals surface area (Å²) < 4.78 is 45.7. The highest BCUT2D eigenvalue weighted by molar-refractivity contribution is 7.91. The third-order valence-corrected chi connectivity index (χ3v) is 2.59. The predicted octanol–water partition coefficient (Wildman–Crippen LogP) is 2.34. The van der Waals surface area contributed by atoms with E-state index in [1.807, 2.05) is 13.8 Å². The van der Waals surface area contributed by atoms with Gasteiger partial charge in [-0.15, -0.1) is 0 Å². The lowest BCUT2D eigenvalue weighted by Gasteiger charge is -2.13. The van der Waals surface area contributed by atoms with E-state index in [1.54, 1.807) is 0 Å². The fourth-order valence-corrected chi connectivity index (χ4v) is 1.87. The zero-order valence-electron chi connectivity index (χ0n) is 7.15. The molecule has 0 aliphatic rings. The minimum atomic E-state index is -4.29. The van der Waals surface area contributed by atoms with E-state index in [2.05, 4.69) is 0 Å². The van der Waals surface area contributed by atoms with Crippen molar-refractivity contribution >= 4 is 11.2 Å². The quantitative estimate of drug-likeness (QED) is 0.642. The lowest BCUT2D eigenvalue weighted by Crippen LogP contribution is -2.25. The van der Waals surface area contributed by atoms with Gasteiger partial charge in [-0.05, 0) is 23.5 Å². The van der Waals surface area contributed by atoms with Crippen molar-refractivity contribution in [2.75, 3.05) is 11.5 Å². The number of alkyl halides is 3. The van der Waals surface area contributed by atoms with Crippen molar-refractivity contribution in [2.24, 2.45) is 5.92 Å². The summed E-state index contributed by atoms with van der Waals surface area (Å²) in [5.41, 5.74) is 0. The Kier molecular flexibility index (Phi) is 5.01. The molecule has 0 amide bonds. The second kappa shape index (κ2) is 4.97. The molecule has 0 heterocycles. The molecule has 0 aliphatic heterocycles. The van der Waals surface area contributed by atoms with Crippen LogP contribution < -0.4 is 0 Å². The number of hydrogen-bond donors (Lipinski definition) is 0. The van der Waals surface area contributed by atoms with Crippen LogP contribution in [0.4, 0.5) is 13.2 Å². The Morgan fingerprint density at radius 1 is 1.33 bits per heavy atom. The lowest BCUT2D eigenvalue weighted by molar-refractivity contribution is -0.106. The van der Waals surface area contributed by atoms with Crippen LogP contribution in [-0.2, 0) is 11.2 Å². The SMILES string of the molecule is CC(C)CC[S+]([O-])CC(F)(F)F. The second-order valence-electron chi connectivity index (χ2n) is 3.09. The summed E-state index contributed by atoms with van der Waals surface area (Å²) in [6.45, 7) is 3.79. The number of hydrogen-bond acceptors (Lipinski definition) is 1. The smallest absolute Gasteiger partial charge is 0.433 e. The van der Waals surface area contributed by atoms with Crippen LogP contribution in [0.2, 0.25) is 0 Å². The number of rotatable bonds is 4. The molecule has 0 radical (unpaired) electrons. The summed E-state index contributed by atoms with van der Waals surface area (Å²) in [5.74, 6) is -0.709. The Morgan fingerprint density at radius 2 is 1.83 bits per heavy atom. The maximum absolute atomic E-state index is 11.6. The van der Waals surface area contributed by atoms with Crippen molar-refractivity contribution in [1.82, 2.24) is 0 Å². The van der Waals surface area contributed by atoms with E-state index in [0.29, 0.717) is 12.3 Å². The standard InChI is InChI=1S/C7H13F3OS/c1-6(2)3-4-12(11)5-7(8,9)10/h6H,3-5H2,1-2H3. The zero-order chi connectivity index (χ0) is 9.78. The molecule has 5 heteroatoms. The summed E-state index contributed by atoms with van der Waals surface area (Å²) in [5, 5.41) is 0. The Morgan fingerprint density at radius 3 is 2.17 bits per heavy atom. The van der Waals surface area contributed by atoms with Crippen molar-refractivity contribution in [3.05, 3.63) is 0 Å². The van der Waals surface area contributed by atoms with E-state index in [4.69, 9.17) is 0 Å². The lowest BCUT2D eigenvalue weighted by atomic mass is 10.2. The van der Waals surface area contributed by atoms with Crippen molar-refractivity contribution in [2.45, 2.75) is 26.4 Å². The van der Waals surface area contributed by atoms with Crippen LogP contribution >= 0.6 is 0 Å². The van der Waals surface area contributed by atoms with Crippen molar-refractivity contribution in [1.29, 1.82) is 0 Å². The molecule has 1 nitrogen and oxygen atoms in total. The first-order valence-corrected chi connectivity index (χ1v) is 5.22. The van der Waals surface area contributed by atoms with Gasteiger partial charge in [-0.1, -0.05) is 13.8 Å². The summed E-state index contributed by atoms with van der Waals surface area (Å²) in [6, 6.07) is 0. The molecule has 12 heavy (non-hydrogen) atoms. The van der Waals surface area contributed by atoms with Gasteiger partial charge in [0.2, 0.25) is 5.75 Å². The molecule has 0 bridgehead atoms. The average molecular weight is 202 g/mol. The van der Waals surface area contributed by atoms with Crippen molar-refractivity contribution < 1.29 is 17.7 Å². The monoisotopic (exact) mass is 202 g/mol. The van der Waals surface area contributed by atoms with E-state index in [-0.39, 0.29) is 5.75 Å². The van der Waals surface area contributed by atoms with Crippen LogP contribution in [0.5, 0.6) is 0 Å². The van der Waals surface area contributed by atoms with E-state index in [1.165, 1.54) is 0 Å². The third-order valence-electron chi connectivity index (χ3n) is 1.25. The first kappa shape index (κ1) is 12.1. The van der Waals surface area contributed by atoms with E-state index >= 15 is 0 Å². The van der Waals surface area contributed by atoms with Crippen LogP contribution in [0.25, 0.3) is 0 Å². The molecule has 1 unspecified atom stereocenters. The van der Waals surface area contributed by atoms with Gasteiger partial charge in [0.15, 0.2) is 0 Å². The zero-order valence-corrected chi connectivity index (χ0v) is 7.97. The van der Waals surface area contributed by atoms with Gasteiger partial charge in [-0.2, -0.15) is 13.2 Å². The van der Waals surface area contributed by atoms with Crippen LogP contribution in [0, 0.1) is 5.92 Å². The van der Waals surface area contributed by atoms with Crippen LogP contribution in [0.3, 0.4) is 0 Å². The van der Waals surface area contributed by atoms with Crippen LogP contribution in [-0.4, -0.2) is 22.2 Å². The Labute approximate surface area is 73.5 Å². The second-order valence-corrected chi connectivity index (χ2v) is 4.66. The van der Waals surface area contributed by atoms with Gasteiger partial charge < -0.3 is 4.55 Å². The average Bonchev–Trinajstić information content (AvgIpc) is 1.79. The molecular weight excluding hydrogens is 189 g/mol. The van der Waals surface area contributed by atoms with Gasteiger partial charge >= 0.3 is 6.18 Å². The molecule has 0 saturated carbocycles. The van der Waals surface area contributed by atoms with Crippen molar-refractivity contribution in [3.8, 4) is 0 Å². The summed E-state index contributed by atoms with van der Waals surface area (Å²) in [6.07, 6.45) is -3.70. The molecule has 0 aromatic rings. The van der Waals surface area contributed by atoms with Crippen molar-refractivity contribution in [3.63, 3.8) is 0 Å². The van der Waals surface area contributed by atoms with Gasteiger partial charge in [0, 0.05) is 0 Å². The highest BCUT2D eigenvalue weighted by Crippen LogP contribution is 2.18. The van der Waals surface area contributed by atoms with Gasteiger partial charge in [-0.25, -0.2) is 0 Å². The Bertz CT molecular complexity index is 124. The van der Waals surface area contributed by atoms with Gasteiger partial charge in [-0.3, -0.25) is 0 Å². The molecule has 0 N–H and O–H groups in total. The predicted molar refractivity (Wildman–Crippen MR) is 43.4 cm³/mol. The molecule has 0 saturated heterocycles. The highest BCUT2D eigenvalue weighted by atomic mass is 32.2. The fourth-order valence-electron chi connectivity index (χ4n) is 0.622. The summed E-state index contributed by atoms with van der Waals surface area (Å²) >= 11 is -1.74. The Balaban J connectivity index is 3.53. The van der Waals surface area contributed by atoms with Gasteiger partial charge in [0.05, 0.1) is 0 Å². The third kappa shape index (κ3) is 8.20. The minimum Gasteiger partial charge on any atom is -0.616 e. The fraction of sp³-hybridized carbons (Fsp3) is 1.00. The van der Waals surface area contributed by atoms with Gasteiger partial charge in [0.25, 0.3) is 0 Å². The van der Waals surface area contributed by atoms with E-state index < -0.39 is 23.1 Å². The Hall–Kier alpha value is 0.100. The first-order chi connectivity index (χ1) is 5.31. The highest BCUT2D eigenvalue weighted by Gasteiger charge is 2.34. The molecule has 0 fully saturated rings. The molecule has 0 spiro atoms. The molecule has 0 aliphatic carbocycles. The largest absolute Gasteiger partial charge is 0.616 e.